The van der Waals surface area contributed by atoms with E-state index in [0.29, 0.717) is 75.7 Å². The van der Waals surface area contributed by atoms with E-state index in [1.807, 2.05) is 22.8 Å². The third kappa shape index (κ3) is 6.20. The largest absolute Gasteiger partial charge is 0.378 e. The van der Waals surface area contributed by atoms with Gasteiger partial charge in [-0.25, -0.2) is 19.7 Å². The third-order valence-electron chi connectivity index (χ3n) is 7.11. The van der Waals surface area contributed by atoms with Gasteiger partial charge in [0.15, 0.2) is 5.13 Å². The van der Waals surface area contributed by atoms with Crippen LogP contribution < -0.4 is 5.32 Å². The van der Waals surface area contributed by atoms with Crippen LogP contribution in [-0.2, 0) is 4.74 Å². The number of likely N-dealkylation sites (tertiary alicyclic amines) is 1. The van der Waals surface area contributed by atoms with Gasteiger partial charge < -0.3 is 24.8 Å². The van der Waals surface area contributed by atoms with Crippen molar-refractivity contribution < 1.29 is 14.3 Å². The minimum Gasteiger partial charge on any atom is -0.378 e. The number of carbonyl (C=O) groups excluding carboxylic acids is 2. The molecule has 5 heterocycles. The highest BCUT2D eigenvalue weighted by molar-refractivity contribution is 7.14. The van der Waals surface area contributed by atoms with E-state index < -0.39 is 0 Å². The van der Waals surface area contributed by atoms with Gasteiger partial charge in [0.05, 0.1) is 25.8 Å². The molecule has 3 amide bonds. The van der Waals surface area contributed by atoms with Crippen LogP contribution in [0, 0.1) is 18.3 Å². The first-order valence-corrected chi connectivity index (χ1v) is 14.0. The molecule has 0 spiro atoms. The Labute approximate surface area is 226 Å². The topological polar surface area (TPSA) is 131 Å². The molecule has 3 aliphatic heterocycles. The molecule has 0 radical (unpaired) electrons. The van der Waals surface area contributed by atoms with Crippen LogP contribution in [-0.4, -0.2) is 119 Å². The first kappa shape index (κ1) is 26.3. The number of amides is 3. The van der Waals surface area contributed by atoms with Gasteiger partial charge in [-0.1, -0.05) is 0 Å². The van der Waals surface area contributed by atoms with Crippen molar-refractivity contribution >= 4 is 34.2 Å². The van der Waals surface area contributed by atoms with E-state index in [4.69, 9.17) is 15.0 Å². The van der Waals surface area contributed by atoms with Crippen molar-refractivity contribution in [3.05, 3.63) is 28.7 Å². The van der Waals surface area contributed by atoms with Crippen LogP contribution in [0.4, 0.5) is 15.7 Å². The Balaban J connectivity index is 1.18. The number of anilines is 2. The quantitative estimate of drug-likeness (QED) is 0.566. The molecular weight excluding hydrogens is 506 g/mol. The smallest absolute Gasteiger partial charge is 0.320 e. The van der Waals surface area contributed by atoms with Gasteiger partial charge in [-0.05, 0) is 26.3 Å². The Morgan fingerprint density at radius 3 is 2.58 bits per heavy atom. The van der Waals surface area contributed by atoms with Gasteiger partial charge in [0.25, 0.3) is 5.91 Å². The lowest BCUT2D eigenvalue weighted by molar-refractivity contribution is 0.0362. The number of thiazole rings is 1. The van der Waals surface area contributed by atoms with Crippen molar-refractivity contribution in [2.45, 2.75) is 25.7 Å². The van der Waals surface area contributed by atoms with Crippen molar-refractivity contribution in [2.75, 3.05) is 77.4 Å². The maximum Gasteiger partial charge on any atom is 0.320 e. The number of aryl methyl sites for hydroxylation is 1. The zero-order valence-electron chi connectivity index (χ0n) is 21.6. The number of nitrogens with zero attached hydrogens (tertiary/aromatic N) is 8. The summed E-state index contributed by atoms with van der Waals surface area (Å²) in [4.78, 5) is 47.3. The molecule has 2 aromatic rings. The maximum atomic E-state index is 13.1. The number of carbonyl (C=O) groups is 2. The molecule has 202 valence electrons. The van der Waals surface area contributed by atoms with E-state index in [9.17, 15) is 9.59 Å². The van der Waals surface area contributed by atoms with Crippen LogP contribution in [0.15, 0.2) is 11.4 Å². The number of hydrogen-bond donors (Lipinski definition) is 1. The van der Waals surface area contributed by atoms with Crippen molar-refractivity contribution in [2.24, 2.45) is 0 Å². The first-order chi connectivity index (χ1) is 18.5. The fourth-order valence-corrected chi connectivity index (χ4v) is 5.80. The minimum atomic E-state index is -0.132. The number of nitriles is 1. The number of hydrogen-bond acceptors (Lipinski definition) is 10. The van der Waals surface area contributed by atoms with Gasteiger partial charge in [-0.3, -0.25) is 9.69 Å². The number of ether oxygens (including phenoxy) is 1. The summed E-state index contributed by atoms with van der Waals surface area (Å²) in [6.45, 7) is 8.40. The zero-order chi connectivity index (χ0) is 26.5. The summed E-state index contributed by atoms with van der Waals surface area (Å²) in [6, 6.07) is 4.12. The number of rotatable bonds is 5. The van der Waals surface area contributed by atoms with Crippen LogP contribution in [0.1, 0.15) is 40.8 Å². The number of aromatic nitrogens is 3. The molecule has 3 fully saturated rings. The SMILES string of the molecule is Cc1cc(Nc2nc(C(=O)N3CCN(C(=O)N4CCOCC4)CC3)cs2)nc(C2CCCN(CC#N)C2)n1. The second-order valence-corrected chi connectivity index (χ2v) is 10.7. The fourth-order valence-electron chi connectivity index (χ4n) is 5.10. The fraction of sp³-hybridized carbons (Fsp3) is 0.600. The number of piperidine rings is 1. The highest BCUT2D eigenvalue weighted by Crippen LogP contribution is 2.27. The Morgan fingerprint density at radius 2 is 1.82 bits per heavy atom. The van der Waals surface area contributed by atoms with Crippen molar-refractivity contribution in [3.8, 4) is 6.07 Å². The predicted octanol–water partition coefficient (Wildman–Crippen LogP) is 1.90. The lowest BCUT2D eigenvalue weighted by Gasteiger charge is -2.38. The summed E-state index contributed by atoms with van der Waals surface area (Å²) in [7, 11) is 0. The molecule has 0 aliphatic carbocycles. The number of piperazine rings is 1. The van der Waals surface area contributed by atoms with E-state index in [0.717, 1.165) is 37.4 Å². The highest BCUT2D eigenvalue weighted by atomic mass is 32.1. The van der Waals surface area contributed by atoms with Crippen LogP contribution in [0.25, 0.3) is 0 Å². The molecule has 0 aromatic carbocycles. The Morgan fingerprint density at radius 1 is 1.08 bits per heavy atom. The number of nitrogens with one attached hydrogen (secondary N) is 1. The number of urea groups is 1. The summed E-state index contributed by atoms with van der Waals surface area (Å²) in [5.41, 5.74) is 1.24. The molecule has 3 saturated heterocycles. The van der Waals surface area contributed by atoms with Crippen LogP contribution in [0.2, 0.25) is 0 Å². The van der Waals surface area contributed by atoms with E-state index in [-0.39, 0.29) is 17.9 Å². The van der Waals surface area contributed by atoms with Crippen LogP contribution in [0.3, 0.4) is 0 Å². The van der Waals surface area contributed by atoms with Gasteiger partial charge in [0.1, 0.15) is 17.3 Å². The Hall–Kier alpha value is -3.34. The third-order valence-corrected chi connectivity index (χ3v) is 7.87. The van der Waals surface area contributed by atoms with Gasteiger partial charge in [0, 0.05) is 68.9 Å². The molecular formula is C25H33N9O3S. The zero-order valence-corrected chi connectivity index (χ0v) is 22.5. The average molecular weight is 540 g/mol. The summed E-state index contributed by atoms with van der Waals surface area (Å²) in [6.07, 6.45) is 2.01. The molecule has 2 aromatic heterocycles. The summed E-state index contributed by atoms with van der Waals surface area (Å²) >= 11 is 1.36. The van der Waals surface area contributed by atoms with Gasteiger partial charge in [-0.2, -0.15) is 5.26 Å². The van der Waals surface area contributed by atoms with Crippen LogP contribution >= 0.6 is 11.3 Å². The number of morpholine rings is 1. The van der Waals surface area contributed by atoms with Gasteiger partial charge >= 0.3 is 6.03 Å². The predicted molar refractivity (Wildman–Crippen MR) is 141 cm³/mol. The monoisotopic (exact) mass is 539 g/mol. The normalized spacial score (nSPS) is 20.7. The van der Waals surface area contributed by atoms with Crippen molar-refractivity contribution in [1.82, 2.24) is 34.6 Å². The molecule has 13 heteroatoms. The van der Waals surface area contributed by atoms with Crippen molar-refractivity contribution in [1.29, 1.82) is 5.26 Å². The molecule has 12 nitrogen and oxygen atoms in total. The molecule has 5 rings (SSSR count). The lowest BCUT2D eigenvalue weighted by Crippen LogP contribution is -2.55. The molecule has 0 bridgehead atoms. The molecule has 1 unspecified atom stereocenters. The molecule has 1 N–H and O–H groups in total. The van der Waals surface area contributed by atoms with E-state index >= 15 is 0 Å². The molecule has 3 aliphatic rings. The molecule has 0 saturated carbocycles. The maximum absolute atomic E-state index is 13.1. The Bertz CT molecular complexity index is 1180. The first-order valence-electron chi connectivity index (χ1n) is 13.1. The summed E-state index contributed by atoms with van der Waals surface area (Å²) in [5.74, 6) is 1.47. The highest BCUT2D eigenvalue weighted by Gasteiger charge is 2.29. The summed E-state index contributed by atoms with van der Waals surface area (Å²) < 4.78 is 5.33. The van der Waals surface area contributed by atoms with E-state index in [1.54, 1.807) is 10.3 Å². The molecule has 1 atom stereocenters. The lowest BCUT2D eigenvalue weighted by atomic mass is 9.97. The van der Waals surface area contributed by atoms with Gasteiger partial charge in [-0.15, -0.1) is 11.3 Å². The standard InChI is InChI=1S/C25H33N9O3S/c1-18-15-21(29-22(27-18)19-3-2-5-31(16-19)6-4-26)30-24-28-20(17-38-24)23(35)32-7-9-33(10-8-32)25(36)34-11-13-37-14-12-34/h15,17,19H,2-3,5-14,16H2,1H3,(H,27,28,29,30). The van der Waals surface area contributed by atoms with Gasteiger partial charge in [0.2, 0.25) is 0 Å². The average Bonchev–Trinajstić information content (AvgIpc) is 3.41. The van der Waals surface area contributed by atoms with E-state index in [1.165, 1.54) is 11.3 Å². The summed E-state index contributed by atoms with van der Waals surface area (Å²) in [5, 5.41) is 14.6. The second-order valence-electron chi connectivity index (χ2n) is 9.81. The van der Waals surface area contributed by atoms with Crippen molar-refractivity contribution in [3.63, 3.8) is 0 Å². The molecule has 38 heavy (non-hydrogen) atoms. The van der Waals surface area contributed by atoms with Crippen LogP contribution in [0.5, 0.6) is 0 Å². The minimum absolute atomic E-state index is 0.0195. The van der Waals surface area contributed by atoms with E-state index in [2.05, 4.69) is 26.3 Å². The Kier molecular flexibility index (Phi) is 8.31. The second kappa shape index (κ2) is 12.0.